The minimum atomic E-state index is -4.13. The molecule has 0 aliphatic heterocycles. The van der Waals surface area contributed by atoms with Crippen LogP contribution in [0.4, 0.5) is 5.69 Å². The average molecular weight is 314 g/mol. The van der Waals surface area contributed by atoms with Crippen LogP contribution in [0.2, 0.25) is 0 Å². The van der Waals surface area contributed by atoms with E-state index in [0.29, 0.717) is 0 Å². The number of sulfonamides is 1. The largest absolute Gasteiger partial charge is 0.298 e. The number of carbonyl (C=O) groups is 1. The number of benzene rings is 1. The zero-order chi connectivity index (χ0) is 16.4. The van der Waals surface area contributed by atoms with Crippen LogP contribution < -0.4 is 4.72 Å². The lowest BCUT2D eigenvalue weighted by Crippen LogP contribution is -2.36. The van der Waals surface area contributed by atoms with Gasteiger partial charge in [0.2, 0.25) is 10.0 Å². The summed E-state index contributed by atoms with van der Waals surface area (Å²) in [5.74, 6) is -0.303. The van der Waals surface area contributed by atoms with Gasteiger partial charge in [0.1, 0.15) is 0 Å². The third-order valence-corrected chi connectivity index (χ3v) is 4.51. The highest BCUT2D eigenvalue weighted by Crippen LogP contribution is 2.26. The first-order valence-electron chi connectivity index (χ1n) is 6.24. The van der Waals surface area contributed by atoms with Gasteiger partial charge in [0, 0.05) is 11.5 Å². The van der Waals surface area contributed by atoms with E-state index >= 15 is 0 Å². The Balaban J connectivity index is 3.16. The standard InChI is InChI=1S/C13H18N2O5S/c1-9-6-5-7-10(15(17)18)12(9)21(19,20)14-8-11(16)13(2,3)4/h5-7,14H,8H2,1-4H3. The Morgan fingerprint density at radius 3 is 2.38 bits per heavy atom. The van der Waals surface area contributed by atoms with Gasteiger partial charge in [-0.05, 0) is 12.5 Å². The van der Waals surface area contributed by atoms with E-state index in [0.717, 1.165) is 6.07 Å². The molecule has 0 radical (unpaired) electrons. The van der Waals surface area contributed by atoms with Gasteiger partial charge in [-0.15, -0.1) is 0 Å². The molecule has 0 saturated heterocycles. The van der Waals surface area contributed by atoms with Crippen LogP contribution in [0, 0.1) is 22.5 Å². The molecular weight excluding hydrogens is 296 g/mol. The number of ketones is 1. The van der Waals surface area contributed by atoms with Crippen LogP contribution >= 0.6 is 0 Å². The molecule has 0 aliphatic carbocycles. The van der Waals surface area contributed by atoms with Gasteiger partial charge >= 0.3 is 0 Å². The van der Waals surface area contributed by atoms with Crippen LogP contribution in [0.5, 0.6) is 0 Å². The number of nitro benzene ring substituents is 1. The van der Waals surface area contributed by atoms with Gasteiger partial charge in [0.15, 0.2) is 10.7 Å². The first kappa shape index (κ1) is 17.3. The van der Waals surface area contributed by atoms with E-state index in [-0.39, 0.29) is 11.3 Å². The van der Waals surface area contributed by atoms with Gasteiger partial charge in [-0.25, -0.2) is 13.1 Å². The second-order valence-corrected chi connectivity index (χ2v) is 7.38. The maximum absolute atomic E-state index is 12.2. The molecule has 0 fully saturated rings. The number of nitro groups is 1. The van der Waals surface area contributed by atoms with Crippen molar-refractivity contribution in [1.29, 1.82) is 0 Å². The average Bonchev–Trinajstić information content (AvgIpc) is 2.34. The topological polar surface area (TPSA) is 106 Å². The summed E-state index contributed by atoms with van der Waals surface area (Å²) < 4.78 is 26.6. The van der Waals surface area contributed by atoms with Crippen molar-refractivity contribution < 1.29 is 18.1 Å². The summed E-state index contributed by atoms with van der Waals surface area (Å²) in [5, 5.41) is 11.0. The van der Waals surface area contributed by atoms with Crippen molar-refractivity contribution in [3.8, 4) is 0 Å². The molecule has 0 amide bonds. The third-order valence-electron chi connectivity index (χ3n) is 2.92. The van der Waals surface area contributed by atoms with Crippen molar-refractivity contribution in [2.75, 3.05) is 6.54 Å². The summed E-state index contributed by atoms with van der Waals surface area (Å²) in [6.45, 7) is 6.06. The fourth-order valence-corrected chi connectivity index (χ4v) is 3.00. The minimum absolute atomic E-state index is 0.250. The van der Waals surface area contributed by atoms with E-state index in [9.17, 15) is 23.3 Å². The molecule has 0 aliphatic rings. The minimum Gasteiger partial charge on any atom is -0.298 e. The molecule has 0 spiro atoms. The molecule has 0 aromatic heterocycles. The van der Waals surface area contributed by atoms with Gasteiger partial charge in [-0.2, -0.15) is 0 Å². The number of aryl methyl sites for hydroxylation is 1. The first-order chi connectivity index (χ1) is 9.47. The molecule has 0 atom stereocenters. The molecule has 21 heavy (non-hydrogen) atoms. The predicted octanol–water partition coefficient (Wildman–Crippen LogP) is 1.80. The highest BCUT2D eigenvalue weighted by molar-refractivity contribution is 7.89. The Kier molecular flexibility index (Phi) is 4.85. The number of nitrogens with one attached hydrogen (secondary N) is 1. The van der Waals surface area contributed by atoms with Crippen LogP contribution in [0.25, 0.3) is 0 Å². The quantitative estimate of drug-likeness (QED) is 0.658. The highest BCUT2D eigenvalue weighted by atomic mass is 32.2. The number of Topliss-reactive ketones (excluding diaryl/α,β-unsaturated/α-hetero) is 1. The summed E-state index contributed by atoms with van der Waals surface area (Å²) >= 11 is 0. The Bertz CT molecular complexity index is 674. The molecule has 116 valence electrons. The SMILES string of the molecule is Cc1cccc([N+](=O)[O-])c1S(=O)(=O)NCC(=O)C(C)(C)C. The van der Waals surface area contributed by atoms with Gasteiger partial charge < -0.3 is 0 Å². The monoisotopic (exact) mass is 314 g/mol. The molecule has 0 heterocycles. The van der Waals surface area contributed by atoms with Crippen molar-refractivity contribution >= 4 is 21.5 Å². The molecule has 1 aromatic carbocycles. The molecule has 1 rings (SSSR count). The van der Waals surface area contributed by atoms with Gasteiger partial charge in [-0.1, -0.05) is 32.9 Å². The molecule has 1 N–H and O–H groups in total. The number of nitrogens with zero attached hydrogens (tertiary/aromatic N) is 1. The summed E-state index contributed by atoms with van der Waals surface area (Å²) in [6, 6.07) is 3.99. The van der Waals surface area contributed by atoms with Crippen molar-refractivity contribution in [3.63, 3.8) is 0 Å². The normalized spacial score (nSPS) is 12.2. The molecule has 0 bridgehead atoms. The second-order valence-electron chi connectivity index (χ2n) is 5.68. The lowest BCUT2D eigenvalue weighted by Gasteiger charge is -2.17. The van der Waals surface area contributed by atoms with Gasteiger partial charge in [0.05, 0.1) is 11.5 Å². The third kappa shape index (κ3) is 4.08. The Morgan fingerprint density at radius 2 is 1.90 bits per heavy atom. The summed E-state index contributed by atoms with van der Waals surface area (Å²) in [4.78, 5) is 21.6. The molecule has 1 aromatic rings. The zero-order valence-electron chi connectivity index (χ0n) is 12.3. The summed E-state index contributed by atoms with van der Waals surface area (Å²) in [7, 11) is -4.13. The van der Waals surface area contributed by atoms with Crippen molar-refractivity contribution in [3.05, 3.63) is 33.9 Å². The Labute approximate surface area is 123 Å². The molecule has 0 saturated carbocycles. The van der Waals surface area contributed by atoms with Crippen LogP contribution in [0.15, 0.2) is 23.1 Å². The summed E-state index contributed by atoms with van der Waals surface area (Å²) in [6.07, 6.45) is 0. The van der Waals surface area contributed by atoms with Crippen molar-refractivity contribution in [2.45, 2.75) is 32.6 Å². The molecule has 7 nitrogen and oxygen atoms in total. The summed E-state index contributed by atoms with van der Waals surface area (Å²) in [5.41, 5.74) is -0.953. The smallest absolute Gasteiger partial charge is 0.289 e. The van der Waals surface area contributed by atoms with Gasteiger partial charge in [-0.3, -0.25) is 14.9 Å². The number of rotatable bonds is 5. The van der Waals surface area contributed by atoms with Crippen LogP contribution in [0.1, 0.15) is 26.3 Å². The first-order valence-corrected chi connectivity index (χ1v) is 7.72. The molecular formula is C13H18N2O5S. The van der Waals surface area contributed by atoms with Crippen LogP contribution in [-0.2, 0) is 14.8 Å². The second kappa shape index (κ2) is 5.90. The number of carbonyl (C=O) groups excluding carboxylic acids is 1. The Hall–Kier alpha value is -1.80. The van der Waals surface area contributed by atoms with Crippen molar-refractivity contribution in [1.82, 2.24) is 4.72 Å². The zero-order valence-corrected chi connectivity index (χ0v) is 13.2. The number of hydrogen-bond donors (Lipinski definition) is 1. The fraction of sp³-hybridized carbons (Fsp3) is 0.462. The van der Waals surface area contributed by atoms with E-state index in [1.165, 1.54) is 19.1 Å². The Morgan fingerprint density at radius 1 is 1.33 bits per heavy atom. The fourth-order valence-electron chi connectivity index (χ4n) is 1.63. The predicted molar refractivity (Wildman–Crippen MR) is 77.5 cm³/mol. The maximum Gasteiger partial charge on any atom is 0.289 e. The lowest BCUT2D eigenvalue weighted by atomic mass is 9.91. The van der Waals surface area contributed by atoms with E-state index < -0.39 is 37.5 Å². The van der Waals surface area contributed by atoms with Gasteiger partial charge in [0.25, 0.3) is 5.69 Å². The lowest BCUT2D eigenvalue weighted by molar-refractivity contribution is -0.387. The van der Waals surface area contributed by atoms with E-state index in [2.05, 4.69) is 4.72 Å². The molecule has 8 heteroatoms. The molecule has 0 unspecified atom stereocenters. The maximum atomic E-state index is 12.2. The number of hydrogen-bond acceptors (Lipinski definition) is 5. The van der Waals surface area contributed by atoms with E-state index in [1.807, 2.05) is 0 Å². The van der Waals surface area contributed by atoms with E-state index in [4.69, 9.17) is 0 Å². The van der Waals surface area contributed by atoms with E-state index in [1.54, 1.807) is 20.8 Å². The van der Waals surface area contributed by atoms with Crippen LogP contribution in [0.3, 0.4) is 0 Å². The van der Waals surface area contributed by atoms with Crippen LogP contribution in [-0.4, -0.2) is 25.7 Å². The highest BCUT2D eigenvalue weighted by Gasteiger charge is 2.29. The van der Waals surface area contributed by atoms with Crippen molar-refractivity contribution in [2.24, 2.45) is 5.41 Å².